The summed E-state index contributed by atoms with van der Waals surface area (Å²) in [6.07, 6.45) is 8.98. The third-order valence-electron chi connectivity index (χ3n) is 10.3. The Kier molecular flexibility index (Phi) is 5.36. The molecule has 4 nitrogen and oxygen atoms in total. The fraction of sp³-hybridized carbons (Fsp3) is 0.958. The molecule has 0 radical (unpaired) electrons. The zero-order valence-electron chi connectivity index (χ0n) is 17.9. The lowest BCUT2D eigenvalue weighted by molar-refractivity contribution is -0.306. The highest BCUT2D eigenvalue weighted by atomic mass is 16.4. The number of hydrogen-bond donors (Lipinski definition) is 2. The van der Waals surface area contributed by atoms with Crippen LogP contribution in [0.2, 0.25) is 0 Å². The maximum absolute atomic E-state index is 11.5. The fourth-order valence-electron chi connectivity index (χ4n) is 8.71. The molecule has 4 aliphatic rings. The van der Waals surface area contributed by atoms with Crippen molar-refractivity contribution in [3.05, 3.63) is 0 Å². The van der Waals surface area contributed by atoms with Gasteiger partial charge in [0.25, 0.3) is 0 Å². The first-order valence-electron chi connectivity index (χ1n) is 11.7. The van der Waals surface area contributed by atoms with E-state index in [-0.39, 0.29) is 29.5 Å². The molecule has 0 saturated heterocycles. The molecular formula is C24H39O4-. The van der Waals surface area contributed by atoms with Crippen molar-refractivity contribution >= 4 is 5.97 Å². The van der Waals surface area contributed by atoms with E-state index in [1.54, 1.807) is 0 Å². The van der Waals surface area contributed by atoms with Gasteiger partial charge in [0.2, 0.25) is 0 Å². The summed E-state index contributed by atoms with van der Waals surface area (Å²) in [5.41, 5.74) is 0.188. The van der Waals surface area contributed by atoms with Crippen LogP contribution < -0.4 is 5.11 Å². The first kappa shape index (κ1) is 20.7. The summed E-state index contributed by atoms with van der Waals surface area (Å²) in [5, 5.41) is 32.6. The van der Waals surface area contributed by atoms with Gasteiger partial charge in [-0.05, 0) is 111 Å². The van der Waals surface area contributed by atoms with E-state index in [1.165, 1.54) is 19.3 Å². The predicted molar refractivity (Wildman–Crippen MR) is 106 cm³/mol. The summed E-state index contributed by atoms with van der Waals surface area (Å²) in [6, 6.07) is 0. The molecule has 0 bridgehead atoms. The summed E-state index contributed by atoms with van der Waals surface area (Å²) in [5.74, 6) is 2.19. The van der Waals surface area contributed by atoms with Gasteiger partial charge in [0.1, 0.15) is 0 Å². The number of rotatable bonds is 4. The molecule has 4 heteroatoms. The molecule has 4 aliphatic carbocycles. The molecule has 28 heavy (non-hydrogen) atoms. The Morgan fingerprint density at radius 1 is 1.07 bits per heavy atom. The van der Waals surface area contributed by atoms with Crippen LogP contribution in [0.15, 0.2) is 0 Å². The second kappa shape index (κ2) is 7.27. The van der Waals surface area contributed by atoms with Crippen LogP contribution in [0.4, 0.5) is 0 Å². The summed E-state index contributed by atoms with van der Waals surface area (Å²) >= 11 is 0. The topological polar surface area (TPSA) is 80.6 Å². The van der Waals surface area contributed by atoms with Crippen molar-refractivity contribution in [1.82, 2.24) is 0 Å². The van der Waals surface area contributed by atoms with Crippen molar-refractivity contribution in [2.75, 3.05) is 0 Å². The van der Waals surface area contributed by atoms with Crippen LogP contribution in [0, 0.1) is 46.3 Å². The van der Waals surface area contributed by atoms with Gasteiger partial charge in [0.05, 0.1) is 12.2 Å². The highest BCUT2D eigenvalue weighted by Gasteiger charge is 2.63. The van der Waals surface area contributed by atoms with Crippen molar-refractivity contribution in [1.29, 1.82) is 0 Å². The standard InChI is InChI=1S/C24H40O4/c1-14(4-9-22(27)28)18-7-8-19-17-6-5-15-12-16(25)10-11-23(15,2)20(17)13-21(26)24(18,19)3/h14-21,25-26H,4-13H2,1-3H3,(H,27,28)/p-1/t14-,15-,16+,17-,18+,19+,20+,21-,23+,24-/m1/s1. The largest absolute Gasteiger partial charge is 0.550 e. The van der Waals surface area contributed by atoms with Crippen LogP contribution in [0.5, 0.6) is 0 Å². The molecule has 0 aliphatic heterocycles. The van der Waals surface area contributed by atoms with E-state index in [0.29, 0.717) is 41.9 Å². The van der Waals surface area contributed by atoms with E-state index < -0.39 is 5.97 Å². The number of aliphatic hydroxyl groups excluding tert-OH is 2. The molecule has 0 amide bonds. The minimum absolute atomic E-state index is 0.0795. The highest BCUT2D eigenvalue weighted by molar-refractivity contribution is 5.64. The van der Waals surface area contributed by atoms with Gasteiger partial charge < -0.3 is 20.1 Å². The number of hydrogen-bond acceptors (Lipinski definition) is 4. The van der Waals surface area contributed by atoms with Gasteiger partial charge in [0, 0.05) is 5.97 Å². The van der Waals surface area contributed by atoms with Crippen molar-refractivity contribution in [3.8, 4) is 0 Å². The van der Waals surface area contributed by atoms with Gasteiger partial charge in [-0.3, -0.25) is 0 Å². The molecule has 4 fully saturated rings. The van der Waals surface area contributed by atoms with E-state index >= 15 is 0 Å². The van der Waals surface area contributed by atoms with Crippen LogP contribution in [-0.4, -0.2) is 28.4 Å². The second-order valence-electron chi connectivity index (χ2n) is 11.3. The van der Waals surface area contributed by atoms with Gasteiger partial charge in [-0.2, -0.15) is 0 Å². The summed E-state index contributed by atoms with van der Waals surface area (Å²) < 4.78 is 0. The molecule has 4 rings (SSSR count). The molecule has 0 spiro atoms. The number of fused-ring (bicyclic) bond motifs is 5. The summed E-state index contributed by atoms with van der Waals surface area (Å²) in [6.45, 7) is 6.94. The third kappa shape index (κ3) is 3.05. The van der Waals surface area contributed by atoms with Crippen LogP contribution in [0.1, 0.15) is 85.0 Å². The maximum atomic E-state index is 11.5. The number of aliphatic carboxylic acids is 1. The van der Waals surface area contributed by atoms with Gasteiger partial charge >= 0.3 is 0 Å². The van der Waals surface area contributed by atoms with Crippen molar-refractivity contribution in [2.45, 2.75) is 97.2 Å². The van der Waals surface area contributed by atoms with E-state index in [2.05, 4.69) is 20.8 Å². The van der Waals surface area contributed by atoms with Gasteiger partial charge in [-0.25, -0.2) is 0 Å². The summed E-state index contributed by atoms with van der Waals surface area (Å²) in [4.78, 5) is 10.9. The van der Waals surface area contributed by atoms with Crippen LogP contribution >= 0.6 is 0 Å². The van der Waals surface area contributed by atoms with E-state index in [4.69, 9.17) is 0 Å². The third-order valence-corrected chi connectivity index (χ3v) is 10.3. The Hall–Kier alpha value is -0.610. The Balaban J connectivity index is 1.56. The smallest absolute Gasteiger partial charge is 0.0602 e. The van der Waals surface area contributed by atoms with Crippen molar-refractivity contribution in [2.24, 2.45) is 46.3 Å². The monoisotopic (exact) mass is 391 g/mol. The SMILES string of the molecule is C[C@H](CCC(=O)[O-])[C@@H]1CC[C@H]2[C@H]3CC[C@@H]4C[C@@H](O)CC[C@]4(C)[C@H]3C[C@@H](O)[C@@]21C. The molecule has 0 unspecified atom stereocenters. The van der Waals surface area contributed by atoms with E-state index in [1.807, 2.05) is 0 Å². The molecular weight excluding hydrogens is 352 g/mol. The Morgan fingerprint density at radius 3 is 2.54 bits per heavy atom. The summed E-state index contributed by atoms with van der Waals surface area (Å²) in [7, 11) is 0. The van der Waals surface area contributed by atoms with Crippen molar-refractivity contribution < 1.29 is 20.1 Å². The highest BCUT2D eigenvalue weighted by Crippen LogP contribution is 2.68. The molecule has 160 valence electrons. The molecule has 0 heterocycles. The first-order chi connectivity index (χ1) is 13.2. The lowest BCUT2D eigenvalue weighted by Crippen LogP contribution is -2.58. The quantitative estimate of drug-likeness (QED) is 0.771. The number of carbonyl (C=O) groups is 1. The number of aliphatic hydroxyl groups is 2. The fourth-order valence-corrected chi connectivity index (χ4v) is 8.71. The zero-order chi connectivity index (χ0) is 20.3. The van der Waals surface area contributed by atoms with Gasteiger partial charge in [-0.15, -0.1) is 0 Å². The minimum Gasteiger partial charge on any atom is -0.550 e. The van der Waals surface area contributed by atoms with Crippen LogP contribution in [-0.2, 0) is 4.79 Å². The molecule has 4 saturated carbocycles. The van der Waals surface area contributed by atoms with Crippen LogP contribution in [0.25, 0.3) is 0 Å². The minimum atomic E-state index is -0.957. The Morgan fingerprint density at radius 2 is 1.82 bits per heavy atom. The first-order valence-corrected chi connectivity index (χ1v) is 11.7. The molecule has 0 aromatic carbocycles. The van der Waals surface area contributed by atoms with E-state index in [0.717, 1.165) is 32.1 Å². The molecule has 0 aromatic heterocycles. The normalized spacial score (nSPS) is 51.7. The van der Waals surface area contributed by atoms with E-state index in [9.17, 15) is 20.1 Å². The van der Waals surface area contributed by atoms with Crippen LogP contribution in [0.3, 0.4) is 0 Å². The number of carboxylic acid groups (broad SMARTS) is 1. The molecule has 10 atom stereocenters. The van der Waals surface area contributed by atoms with Crippen molar-refractivity contribution in [3.63, 3.8) is 0 Å². The molecule has 0 aromatic rings. The van der Waals surface area contributed by atoms with Gasteiger partial charge in [0.15, 0.2) is 0 Å². The zero-order valence-corrected chi connectivity index (χ0v) is 17.9. The average Bonchev–Trinajstić information content (AvgIpc) is 3.00. The Bertz CT molecular complexity index is 605. The predicted octanol–water partition coefficient (Wildman–Crippen LogP) is 3.14. The molecule has 2 N–H and O–H groups in total. The Labute approximate surface area is 170 Å². The number of carboxylic acids is 1. The lowest BCUT2D eigenvalue weighted by Gasteiger charge is -2.62. The lowest BCUT2D eigenvalue weighted by atomic mass is 9.43. The maximum Gasteiger partial charge on any atom is 0.0602 e. The second-order valence-corrected chi connectivity index (χ2v) is 11.3. The van der Waals surface area contributed by atoms with Gasteiger partial charge in [-0.1, -0.05) is 20.8 Å². The average molecular weight is 392 g/mol. The number of carbonyl (C=O) groups excluding carboxylic acids is 1.